The fourth-order valence-corrected chi connectivity index (χ4v) is 3.44. The van der Waals surface area contributed by atoms with E-state index in [-0.39, 0.29) is 11.9 Å². The van der Waals surface area contributed by atoms with Gasteiger partial charge in [0.25, 0.3) is 5.91 Å². The molecule has 0 aromatic heterocycles. The molecule has 1 unspecified atom stereocenters. The summed E-state index contributed by atoms with van der Waals surface area (Å²) >= 11 is 5.99. The van der Waals surface area contributed by atoms with Crippen LogP contribution in [0.1, 0.15) is 28.8 Å². The van der Waals surface area contributed by atoms with Crippen molar-refractivity contribution in [3.63, 3.8) is 0 Å². The standard InChI is InChI=1S/C20H23ClN2O2/c1-22-13-18-8-4-10-23(18)20(24)16-6-3-9-19(12-16)25-14-15-5-2-7-17(21)11-15/h2-3,5-7,9,11-12,18,22H,4,8,10,13-14H2,1H3. The van der Waals surface area contributed by atoms with E-state index in [0.29, 0.717) is 22.9 Å². The SMILES string of the molecule is CNCC1CCCN1C(=O)c1cccc(OCc2cccc(Cl)c2)c1. The molecule has 1 atom stereocenters. The lowest BCUT2D eigenvalue weighted by atomic mass is 10.1. The number of rotatable bonds is 6. The number of ether oxygens (including phenoxy) is 1. The Kier molecular flexibility index (Phi) is 5.95. The van der Waals surface area contributed by atoms with E-state index in [1.807, 2.05) is 60.5 Å². The van der Waals surface area contributed by atoms with Gasteiger partial charge in [-0.3, -0.25) is 4.79 Å². The largest absolute Gasteiger partial charge is 0.489 e. The number of carbonyl (C=O) groups excluding carboxylic acids is 1. The van der Waals surface area contributed by atoms with E-state index in [4.69, 9.17) is 16.3 Å². The molecule has 3 rings (SSSR count). The molecular formula is C20H23ClN2O2. The summed E-state index contributed by atoms with van der Waals surface area (Å²) in [7, 11) is 1.92. The van der Waals surface area contributed by atoms with Gasteiger partial charge in [-0.15, -0.1) is 0 Å². The predicted molar refractivity (Wildman–Crippen MR) is 100 cm³/mol. The van der Waals surface area contributed by atoms with Gasteiger partial charge >= 0.3 is 0 Å². The molecular weight excluding hydrogens is 336 g/mol. The Balaban J connectivity index is 1.67. The van der Waals surface area contributed by atoms with Crippen LogP contribution in [0.15, 0.2) is 48.5 Å². The van der Waals surface area contributed by atoms with Gasteiger partial charge in [-0.1, -0.05) is 29.8 Å². The first-order valence-corrected chi connectivity index (χ1v) is 8.98. The number of likely N-dealkylation sites (N-methyl/N-ethyl adjacent to an activating group) is 1. The summed E-state index contributed by atoms with van der Waals surface area (Å²) in [5.74, 6) is 0.765. The highest BCUT2D eigenvalue weighted by Gasteiger charge is 2.28. The van der Waals surface area contributed by atoms with Crippen molar-refractivity contribution >= 4 is 17.5 Å². The van der Waals surface area contributed by atoms with Crippen LogP contribution < -0.4 is 10.1 Å². The zero-order valence-electron chi connectivity index (χ0n) is 14.4. The summed E-state index contributed by atoms with van der Waals surface area (Å²) in [5.41, 5.74) is 1.67. The van der Waals surface area contributed by atoms with E-state index in [0.717, 1.165) is 31.5 Å². The second-order valence-corrected chi connectivity index (χ2v) is 6.74. The first-order valence-electron chi connectivity index (χ1n) is 8.60. The molecule has 25 heavy (non-hydrogen) atoms. The lowest BCUT2D eigenvalue weighted by Crippen LogP contribution is -2.40. The Bertz CT molecular complexity index is 735. The van der Waals surface area contributed by atoms with Gasteiger partial charge in [-0.25, -0.2) is 0 Å². The maximum Gasteiger partial charge on any atom is 0.254 e. The average molecular weight is 359 g/mol. The first kappa shape index (κ1) is 17.8. The maximum atomic E-state index is 12.8. The highest BCUT2D eigenvalue weighted by atomic mass is 35.5. The van der Waals surface area contributed by atoms with Gasteiger partial charge in [0.2, 0.25) is 0 Å². The molecule has 2 aromatic carbocycles. The number of nitrogens with zero attached hydrogens (tertiary/aromatic N) is 1. The lowest BCUT2D eigenvalue weighted by Gasteiger charge is -2.24. The smallest absolute Gasteiger partial charge is 0.254 e. The molecule has 0 spiro atoms. The second kappa shape index (κ2) is 8.37. The summed E-state index contributed by atoms with van der Waals surface area (Å²) in [6.07, 6.45) is 2.11. The molecule has 0 saturated carbocycles. The van der Waals surface area contributed by atoms with Crippen LogP contribution in [0.3, 0.4) is 0 Å². The zero-order chi connectivity index (χ0) is 17.6. The van der Waals surface area contributed by atoms with Crippen molar-refractivity contribution in [3.8, 4) is 5.75 Å². The van der Waals surface area contributed by atoms with Crippen molar-refractivity contribution in [2.75, 3.05) is 20.1 Å². The monoisotopic (exact) mass is 358 g/mol. The van der Waals surface area contributed by atoms with E-state index in [1.54, 1.807) is 0 Å². The third kappa shape index (κ3) is 4.53. The Morgan fingerprint density at radius 3 is 2.92 bits per heavy atom. The lowest BCUT2D eigenvalue weighted by molar-refractivity contribution is 0.0736. The number of benzene rings is 2. The molecule has 1 aliphatic heterocycles. The normalized spacial score (nSPS) is 16.9. The quantitative estimate of drug-likeness (QED) is 0.855. The Hall–Kier alpha value is -2.04. The van der Waals surface area contributed by atoms with Gasteiger partial charge in [0, 0.05) is 29.7 Å². The second-order valence-electron chi connectivity index (χ2n) is 6.30. The van der Waals surface area contributed by atoms with Crippen LogP contribution >= 0.6 is 11.6 Å². The average Bonchev–Trinajstić information content (AvgIpc) is 3.08. The van der Waals surface area contributed by atoms with Crippen LogP contribution in [0.25, 0.3) is 0 Å². The summed E-state index contributed by atoms with van der Waals surface area (Å²) in [6.45, 7) is 2.07. The summed E-state index contributed by atoms with van der Waals surface area (Å²) in [4.78, 5) is 14.8. The maximum absolute atomic E-state index is 12.8. The first-order chi connectivity index (χ1) is 12.2. The van der Waals surface area contributed by atoms with Crippen LogP contribution in [0.2, 0.25) is 5.02 Å². The molecule has 5 heteroatoms. The number of hydrogen-bond acceptors (Lipinski definition) is 3. The van der Waals surface area contributed by atoms with Crippen molar-refractivity contribution in [2.24, 2.45) is 0 Å². The van der Waals surface area contributed by atoms with Gasteiger partial charge in [0.15, 0.2) is 0 Å². The highest BCUT2D eigenvalue weighted by Crippen LogP contribution is 2.22. The topological polar surface area (TPSA) is 41.6 Å². The van der Waals surface area contributed by atoms with Gasteiger partial charge in [0.1, 0.15) is 12.4 Å². The van der Waals surface area contributed by atoms with Crippen molar-refractivity contribution in [1.82, 2.24) is 10.2 Å². The van der Waals surface area contributed by atoms with Crippen LogP contribution in [-0.4, -0.2) is 37.0 Å². The van der Waals surface area contributed by atoms with Crippen LogP contribution in [0.4, 0.5) is 0 Å². The van der Waals surface area contributed by atoms with E-state index >= 15 is 0 Å². The molecule has 132 valence electrons. The van der Waals surface area contributed by atoms with Crippen LogP contribution in [0.5, 0.6) is 5.75 Å². The minimum Gasteiger partial charge on any atom is -0.489 e. The number of nitrogens with one attached hydrogen (secondary N) is 1. The molecule has 2 aromatic rings. The van der Waals surface area contributed by atoms with Crippen molar-refractivity contribution in [2.45, 2.75) is 25.5 Å². The minimum absolute atomic E-state index is 0.0750. The Morgan fingerprint density at radius 2 is 2.12 bits per heavy atom. The zero-order valence-corrected chi connectivity index (χ0v) is 15.1. The van der Waals surface area contributed by atoms with Crippen LogP contribution in [-0.2, 0) is 6.61 Å². The predicted octanol–water partition coefficient (Wildman–Crippen LogP) is 3.74. The van der Waals surface area contributed by atoms with Crippen LogP contribution in [0, 0.1) is 0 Å². The van der Waals surface area contributed by atoms with Crippen molar-refractivity contribution < 1.29 is 9.53 Å². The van der Waals surface area contributed by atoms with Gasteiger partial charge < -0.3 is 15.0 Å². The molecule has 0 bridgehead atoms. The number of halogens is 1. The molecule has 0 radical (unpaired) electrons. The third-order valence-corrected chi connectivity index (χ3v) is 4.69. The number of carbonyl (C=O) groups is 1. The fraction of sp³-hybridized carbons (Fsp3) is 0.350. The molecule has 0 aliphatic carbocycles. The highest BCUT2D eigenvalue weighted by molar-refractivity contribution is 6.30. The summed E-state index contributed by atoms with van der Waals surface area (Å²) in [6, 6.07) is 15.3. The summed E-state index contributed by atoms with van der Waals surface area (Å²) < 4.78 is 5.83. The molecule has 4 nitrogen and oxygen atoms in total. The number of amides is 1. The van der Waals surface area contributed by atoms with Crippen molar-refractivity contribution in [3.05, 3.63) is 64.7 Å². The number of likely N-dealkylation sites (tertiary alicyclic amines) is 1. The van der Waals surface area contributed by atoms with Gasteiger partial charge in [-0.05, 0) is 55.8 Å². The van der Waals surface area contributed by atoms with E-state index in [1.165, 1.54) is 0 Å². The molecule has 1 heterocycles. The Labute approximate surface area is 153 Å². The molecule has 1 saturated heterocycles. The van der Waals surface area contributed by atoms with Gasteiger partial charge in [-0.2, -0.15) is 0 Å². The van der Waals surface area contributed by atoms with E-state index in [2.05, 4.69) is 5.32 Å². The minimum atomic E-state index is 0.0750. The molecule has 1 amide bonds. The summed E-state index contributed by atoms with van der Waals surface area (Å²) in [5, 5.41) is 3.86. The molecule has 1 N–H and O–H groups in total. The van der Waals surface area contributed by atoms with Crippen molar-refractivity contribution in [1.29, 1.82) is 0 Å². The third-order valence-electron chi connectivity index (χ3n) is 4.45. The molecule has 1 fully saturated rings. The number of hydrogen-bond donors (Lipinski definition) is 1. The fourth-order valence-electron chi connectivity index (χ4n) is 3.23. The van der Waals surface area contributed by atoms with E-state index < -0.39 is 0 Å². The molecule has 1 aliphatic rings. The van der Waals surface area contributed by atoms with Gasteiger partial charge in [0.05, 0.1) is 0 Å². The Morgan fingerprint density at radius 1 is 1.28 bits per heavy atom. The van der Waals surface area contributed by atoms with E-state index in [9.17, 15) is 4.79 Å².